The summed E-state index contributed by atoms with van der Waals surface area (Å²) < 4.78 is 1.17. The second kappa shape index (κ2) is 4.88. The largest absolute Gasteiger partial charge is 0.306 e. The van der Waals surface area contributed by atoms with Crippen LogP contribution < -0.4 is 4.65 Å². The van der Waals surface area contributed by atoms with Gasteiger partial charge in [-0.2, -0.15) is 5.26 Å². The van der Waals surface area contributed by atoms with Crippen molar-refractivity contribution in [3.05, 3.63) is 27.3 Å². The normalized spacial score (nSPS) is 10.5. The van der Waals surface area contributed by atoms with Gasteiger partial charge in [0.1, 0.15) is 25.7 Å². The van der Waals surface area contributed by atoms with Gasteiger partial charge in [0.2, 0.25) is 5.55 Å². The molecule has 0 spiro atoms. The number of nitrogens with zero attached hydrogens (tertiary/aromatic N) is 2. The van der Waals surface area contributed by atoms with Gasteiger partial charge in [0.25, 0.3) is 0 Å². The number of nitriles is 1. The highest BCUT2D eigenvalue weighted by Crippen LogP contribution is 2.26. The summed E-state index contributed by atoms with van der Waals surface area (Å²) in [5.41, 5.74) is 2.60. The number of quaternary nitrogens is 1. The molecule has 1 aromatic carbocycles. The van der Waals surface area contributed by atoms with Crippen LogP contribution in [0, 0.1) is 14.9 Å². The van der Waals surface area contributed by atoms with Crippen molar-refractivity contribution in [1.82, 2.24) is 4.65 Å². The first-order valence-electron chi connectivity index (χ1n) is 4.17. The fraction of sp³-hybridized carbons (Fsp3) is 0.200. The van der Waals surface area contributed by atoms with Crippen LogP contribution in [0.5, 0.6) is 0 Å². The van der Waals surface area contributed by atoms with Gasteiger partial charge in [-0.05, 0) is 46.9 Å². The fourth-order valence-corrected chi connectivity index (χ4v) is 1.90. The lowest BCUT2D eigenvalue weighted by atomic mass is 10.2. The summed E-state index contributed by atoms with van der Waals surface area (Å²) in [6.45, 7) is 0. The predicted octanol–water partition coefficient (Wildman–Crippen LogP) is 2.62. The molecule has 0 saturated heterocycles. The average molecular weight is 333 g/mol. The second-order valence-corrected chi connectivity index (χ2v) is 4.76. The van der Waals surface area contributed by atoms with Crippen LogP contribution in [0.3, 0.4) is 0 Å². The van der Waals surface area contributed by atoms with Crippen molar-refractivity contribution in [2.45, 2.75) is 0 Å². The van der Waals surface area contributed by atoms with E-state index in [1.807, 2.05) is 26.2 Å². The molecule has 3 nitrogen and oxygen atoms in total. The summed E-state index contributed by atoms with van der Waals surface area (Å²) >= 11 is 6.86. The molecule has 0 radical (unpaired) electrons. The fourth-order valence-electron chi connectivity index (χ4n) is 1.21. The van der Waals surface area contributed by atoms with E-state index >= 15 is 0 Å². The van der Waals surface area contributed by atoms with E-state index in [4.69, 9.17) is 10.1 Å². The van der Waals surface area contributed by atoms with Gasteiger partial charge in [-0.3, -0.25) is 0 Å². The quantitative estimate of drug-likeness (QED) is 0.369. The lowest BCUT2D eigenvalue weighted by molar-refractivity contribution is 0.000728. The molecule has 0 aliphatic rings. The van der Waals surface area contributed by atoms with Crippen LogP contribution in [0.1, 0.15) is 5.56 Å². The Morgan fingerprint density at radius 2 is 2.20 bits per heavy atom. The van der Waals surface area contributed by atoms with Crippen LogP contribution in [-0.2, 0) is 4.84 Å². The molecule has 0 atom stereocenters. The average Bonchev–Trinajstić information content (AvgIpc) is 2.17. The maximum absolute atomic E-state index is 8.99. The van der Waals surface area contributed by atoms with Gasteiger partial charge >= 0.3 is 0 Å². The number of rotatable bonds is 3. The van der Waals surface area contributed by atoms with Gasteiger partial charge in [-0.15, -0.1) is 4.65 Å². The van der Waals surface area contributed by atoms with Crippen molar-refractivity contribution in [2.24, 2.45) is 0 Å². The highest BCUT2D eigenvalue weighted by Gasteiger charge is 2.25. The van der Waals surface area contributed by atoms with Gasteiger partial charge in [-0.1, -0.05) is 0 Å². The van der Waals surface area contributed by atoms with Crippen molar-refractivity contribution in [1.29, 1.82) is 5.26 Å². The van der Waals surface area contributed by atoms with Crippen molar-refractivity contribution in [3.8, 4) is 6.07 Å². The smallest absolute Gasteiger partial charge is 0.218 e. The van der Waals surface area contributed by atoms with Gasteiger partial charge in [0, 0.05) is 9.64 Å². The molecule has 5 heteroatoms. The third-order valence-corrected chi connectivity index (χ3v) is 2.72. The van der Waals surface area contributed by atoms with Crippen LogP contribution in [0.4, 0.5) is 5.69 Å². The molecule has 0 N–H and O–H groups in total. The molecular weight excluding hydrogens is 323 g/mol. The van der Waals surface area contributed by atoms with E-state index in [1.165, 1.54) is 5.55 Å². The number of hydrogen-bond acceptors (Lipinski definition) is 3. The Hall–Kier alpha value is -0.710. The highest BCUT2D eigenvalue weighted by atomic mass is 127. The summed E-state index contributed by atoms with van der Waals surface area (Å²) in [5.74, 6) is 0. The Kier molecular flexibility index (Phi) is 4.02. The molecule has 0 aliphatic heterocycles. The Morgan fingerprint density at radius 1 is 1.53 bits per heavy atom. The first kappa shape index (κ1) is 12.4. The summed E-state index contributed by atoms with van der Waals surface area (Å²) in [5, 5.41) is 8.99. The molecule has 0 unspecified atom stereocenters. The van der Waals surface area contributed by atoms with Crippen molar-refractivity contribution >= 4 is 46.0 Å². The van der Waals surface area contributed by atoms with Crippen LogP contribution in [0.2, 0.25) is 0 Å². The Labute approximate surface area is 108 Å². The number of benzene rings is 1. The van der Waals surface area contributed by atoms with Crippen molar-refractivity contribution in [3.63, 3.8) is 0 Å². The minimum Gasteiger partial charge on any atom is -0.306 e. The summed E-state index contributed by atoms with van der Waals surface area (Å²) in [6, 6.07) is 7.73. The van der Waals surface area contributed by atoms with Crippen molar-refractivity contribution < 1.29 is 4.84 Å². The van der Waals surface area contributed by atoms with E-state index in [1.54, 1.807) is 6.07 Å². The molecule has 0 bridgehead atoms. The van der Waals surface area contributed by atoms with E-state index in [2.05, 4.69) is 40.9 Å². The summed E-state index contributed by atoms with van der Waals surface area (Å²) in [6.07, 6.45) is 0. The maximum atomic E-state index is 8.99. The maximum Gasteiger partial charge on any atom is 0.218 e. The van der Waals surface area contributed by atoms with E-state index in [0.717, 1.165) is 9.26 Å². The third-order valence-electron chi connectivity index (χ3n) is 1.97. The van der Waals surface area contributed by atoms with E-state index < -0.39 is 0 Å². The van der Waals surface area contributed by atoms with Gasteiger partial charge < -0.3 is 4.84 Å². The number of hydrogen-bond donors (Lipinski definition) is 0. The number of halogens is 1. The van der Waals surface area contributed by atoms with E-state index in [0.29, 0.717) is 5.56 Å². The van der Waals surface area contributed by atoms with E-state index in [-0.39, 0.29) is 4.65 Å². The Balaban J connectivity index is 3.28. The first-order valence-corrected chi connectivity index (χ1v) is 5.72. The molecule has 0 aliphatic carbocycles. The molecule has 0 saturated carbocycles. The van der Waals surface area contributed by atoms with Crippen LogP contribution in [-0.4, -0.2) is 19.6 Å². The second-order valence-electron chi connectivity index (χ2n) is 3.33. The standard InChI is InChI=1S/C10H10IN2OS/c1-13(2,14-7-15)10-5-9(11)4-3-8(10)6-12/h3-5,7H,1-2H3/q+1. The summed E-state index contributed by atoms with van der Waals surface area (Å²) in [4.78, 5) is 5.29. The zero-order valence-corrected chi connectivity index (χ0v) is 11.4. The zero-order chi connectivity index (χ0) is 11.5. The van der Waals surface area contributed by atoms with Crippen LogP contribution in [0.25, 0.3) is 0 Å². The molecule has 0 fully saturated rings. The van der Waals surface area contributed by atoms with Crippen molar-refractivity contribution in [2.75, 3.05) is 14.1 Å². The van der Waals surface area contributed by atoms with Gasteiger partial charge in [-0.25, -0.2) is 0 Å². The first-order chi connectivity index (χ1) is 7.01. The molecule has 15 heavy (non-hydrogen) atoms. The molecule has 1 aromatic rings. The molecule has 0 amide bonds. The minimum atomic E-state index is 0.114. The van der Waals surface area contributed by atoms with E-state index in [9.17, 15) is 0 Å². The zero-order valence-electron chi connectivity index (χ0n) is 8.40. The monoisotopic (exact) mass is 333 g/mol. The topological polar surface area (TPSA) is 33.0 Å². The molecular formula is C10H10IN2OS+. The third kappa shape index (κ3) is 2.87. The molecule has 0 heterocycles. The Bertz CT molecular complexity index is 426. The molecule has 0 aromatic heterocycles. The van der Waals surface area contributed by atoms with Gasteiger partial charge in [0.15, 0.2) is 5.69 Å². The Morgan fingerprint density at radius 3 is 2.73 bits per heavy atom. The molecule has 78 valence electrons. The van der Waals surface area contributed by atoms with Crippen LogP contribution >= 0.6 is 34.8 Å². The minimum absolute atomic E-state index is 0.114. The summed E-state index contributed by atoms with van der Waals surface area (Å²) in [7, 11) is 3.66. The predicted molar refractivity (Wildman–Crippen MR) is 72.3 cm³/mol. The van der Waals surface area contributed by atoms with Crippen LogP contribution in [0.15, 0.2) is 18.2 Å². The SMILES string of the molecule is C[N+](C)(OC=S)c1cc(I)ccc1C#N. The lowest BCUT2D eigenvalue weighted by Gasteiger charge is -2.25. The number of thiocarbonyl (C=S) groups is 1. The van der Waals surface area contributed by atoms with Gasteiger partial charge in [0.05, 0.1) is 0 Å². The number of hydroxylamine groups is 2. The highest BCUT2D eigenvalue weighted by molar-refractivity contribution is 14.1. The lowest BCUT2D eigenvalue weighted by Crippen LogP contribution is -2.40. The molecule has 1 rings (SSSR count).